The first-order chi connectivity index (χ1) is 8.99. The van der Waals surface area contributed by atoms with E-state index in [1.54, 1.807) is 4.90 Å². The number of benzene rings is 1. The van der Waals surface area contributed by atoms with Gasteiger partial charge < -0.3 is 15.3 Å². The van der Waals surface area contributed by atoms with Gasteiger partial charge in [0.1, 0.15) is 5.75 Å². The zero-order valence-corrected chi connectivity index (χ0v) is 11.7. The number of nitrogens with one attached hydrogen (secondary N) is 1. The van der Waals surface area contributed by atoms with Crippen molar-refractivity contribution in [2.45, 2.75) is 13.8 Å². The Morgan fingerprint density at radius 3 is 2.53 bits per heavy atom. The van der Waals surface area contributed by atoms with E-state index in [0.717, 1.165) is 0 Å². The lowest BCUT2D eigenvalue weighted by Crippen LogP contribution is -2.40. The topological polar surface area (TPSA) is 69.6 Å². The molecule has 0 saturated heterocycles. The van der Waals surface area contributed by atoms with Gasteiger partial charge >= 0.3 is 0 Å². The lowest BCUT2D eigenvalue weighted by molar-refractivity contribution is -0.129. The molecule has 0 aliphatic heterocycles. The van der Waals surface area contributed by atoms with E-state index in [9.17, 15) is 14.7 Å². The number of rotatable bonds is 5. The summed E-state index contributed by atoms with van der Waals surface area (Å²) in [7, 11) is 0. The smallest absolute Gasteiger partial charge is 0.253 e. The Morgan fingerprint density at radius 1 is 1.32 bits per heavy atom. The molecule has 104 valence electrons. The van der Waals surface area contributed by atoms with E-state index >= 15 is 0 Å². The lowest BCUT2D eigenvalue weighted by Gasteiger charge is -2.18. The largest absolute Gasteiger partial charge is 0.508 e. The minimum Gasteiger partial charge on any atom is -0.508 e. The lowest BCUT2D eigenvalue weighted by atomic mass is 10.2. The number of likely N-dealkylation sites (N-methyl/N-ethyl adjacent to an activating group) is 1. The molecule has 0 aromatic heterocycles. The van der Waals surface area contributed by atoms with Crippen molar-refractivity contribution in [2.24, 2.45) is 0 Å². The third-order valence-corrected chi connectivity index (χ3v) is 3.04. The van der Waals surface area contributed by atoms with E-state index in [2.05, 4.69) is 5.32 Å². The Bertz CT molecular complexity index is 473. The molecule has 1 rings (SSSR count). The number of halogens is 1. The van der Waals surface area contributed by atoms with Crippen LogP contribution in [0.5, 0.6) is 5.75 Å². The van der Waals surface area contributed by atoms with Gasteiger partial charge in [0.25, 0.3) is 5.91 Å². The minimum absolute atomic E-state index is 0.0513. The van der Waals surface area contributed by atoms with Crippen LogP contribution >= 0.6 is 11.6 Å². The Kier molecular flexibility index (Phi) is 5.63. The summed E-state index contributed by atoms with van der Waals surface area (Å²) in [4.78, 5) is 25.2. The Morgan fingerprint density at radius 2 is 1.95 bits per heavy atom. The van der Waals surface area contributed by atoms with Gasteiger partial charge in [-0.25, -0.2) is 0 Å². The molecule has 0 fully saturated rings. The number of phenols is 1. The van der Waals surface area contributed by atoms with E-state index < -0.39 is 5.91 Å². The third kappa shape index (κ3) is 4.13. The zero-order chi connectivity index (χ0) is 14.4. The molecule has 2 amide bonds. The first-order valence-electron chi connectivity index (χ1n) is 6.04. The van der Waals surface area contributed by atoms with Crippen molar-refractivity contribution < 1.29 is 14.7 Å². The average Bonchev–Trinajstić information content (AvgIpc) is 2.40. The number of phenolic OH excluding ortho intramolecular Hbond substituents is 1. The van der Waals surface area contributed by atoms with E-state index in [-0.39, 0.29) is 28.8 Å². The zero-order valence-electron chi connectivity index (χ0n) is 10.9. The minimum atomic E-state index is -0.485. The van der Waals surface area contributed by atoms with E-state index in [1.165, 1.54) is 18.2 Å². The second-order valence-corrected chi connectivity index (χ2v) is 4.32. The number of nitrogens with zero attached hydrogens (tertiary/aromatic N) is 1. The van der Waals surface area contributed by atoms with Crippen LogP contribution in [0.15, 0.2) is 18.2 Å². The quantitative estimate of drug-likeness (QED) is 0.864. The van der Waals surface area contributed by atoms with Crippen molar-refractivity contribution in [2.75, 3.05) is 19.6 Å². The number of hydrogen-bond acceptors (Lipinski definition) is 3. The van der Waals surface area contributed by atoms with Crippen LogP contribution in [-0.2, 0) is 4.79 Å². The first-order valence-corrected chi connectivity index (χ1v) is 6.41. The van der Waals surface area contributed by atoms with Gasteiger partial charge in [-0.05, 0) is 32.0 Å². The van der Waals surface area contributed by atoms with Gasteiger partial charge in [-0.15, -0.1) is 0 Å². The van der Waals surface area contributed by atoms with Gasteiger partial charge in [-0.2, -0.15) is 0 Å². The van der Waals surface area contributed by atoms with Gasteiger partial charge in [0.2, 0.25) is 5.91 Å². The van der Waals surface area contributed by atoms with Crippen LogP contribution in [0.25, 0.3) is 0 Å². The molecule has 0 aliphatic rings. The normalized spacial score (nSPS) is 10.1. The summed E-state index contributed by atoms with van der Waals surface area (Å²) in [6, 6.07) is 4.08. The molecule has 0 saturated carbocycles. The van der Waals surface area contributed by atoms with Crippen molar-refractivity contribution in [1.29, 1.82) is 0 Å². The number of aromatic hydroxyl groups is 1. The molecule has 1 aromatic rings. The predicted octanol–water partition coefficient (Wildman–Crippen LogP) is 1.64. The molecule has 0 unspecified atom stereocenters. The Balaban J connectivity index is 2.65. The van der Waals surface area contributed by atoms with Crippen LogP contribution in [-0.4, -0.2) is 41.5 Å². The highest BCUT2D eigenvalue weighted by atomic mass is 35.5. The summed E-state index contributed by atoms with van der Waals surface area (Å²) in [5, 5.41) is 12.0. The summed E-state index contributed by atoms with van der Waals surface area (Å²) in [6.45, 7) is 4.84. The number of carbonyl (C=O) groups excluding carboxylic acids is 2. The van der Waals surface area contributed by atoms with Gasteiger partial charge in [0.15, 0.2) is 0 Å². The molecule has 19 heavy (non-hydrogen) atoms. The first kappa shape index (κ1) is 15.3. The molecule has 6 heteroatoms. The van der Waals surface area contributed by atoms with Crippen LogP contribution in [0.4, 0.5) is 0 Å². The fourth-order valence-corrected chi connectivity index (χ4v) is 1.83. The fraction of sp³-hybridized carbons (Fsp3) is 0.385. The van der Waals surface area contributed by atoms with Gasteiger partial charge in [-0.3, -0.25) is 9.59 Å². The second kappa shape index (κ2) is 6.99. The van der Waals surface area contributed by atoms with E-state index in [0.29, 0.717) is 13.1 Å². The van der Waals surface area contributed by atoms with Gasteiger partial charge in [-0.1, -0.05) is 11.6 Å². The molecule has 0 aliphatic carbocycles. The molecular weight excluding hydrogens is 268 g/mol. The standard InChI is InChI=1S/C13H17ClN2O3/c1-3-16(4-2)12(18)8-15-13(19)10-7-9(17)5-6-11(10)14/h5-7,17H,3-4,8H2,1-2H3,(H,15,19). The van der Waals surface area contributed by atoms with E-state index in [4.69, 9.17) is 11.6 Å². The molecular formula is C13H17ClN2O3. The van der Waals surface area contributed by atoms with Crippen molar-refractivity contribution in [3.05, 3.63) is 28.8 Å². The second-order valence-electron chi connectivity index (χ2n) is 3.91. The van der Waals surface area contributed by atoms with Gasteiger partial charge in [0.05, 0.1) is 17.1 Å². The van der Waals surface area contributed by atoms with Crippen molar-refractivity contribution >= 4 is 23.4 Å². The highest BCUT2D eigenvalue weighted by molar-refractivity contribution is 6.33. The maximum Gasteiger partial charge on any atom is 0.253 e. The highest BCUT2D eigenvalue weighted by Crippen LogP contribution is 2.20. The molecule has 0 atom stereocenters. The summed E-state index contributed by atoms with van der Waals surface area (Å²) < 4.78 is 0. The number of amides is 2. The summed E-state index contributed by atoms with van der Waals surface area (Å²) in [5.74, 6) is -0.694. The molecule has 2 N–H and O–H groups in total. The molecule has 0 heterocycles. The maximum atomic E-state index is 11.8. The molecule has 0 spiro atoms. The van der Waals surface area contributed by atoms with Crippen LogP contribution in [0.3, 0.4) is 0 Å². The monoisotopic (exact) mass is 284 g/mol. The highest BCUT2D eigenvalue weighted by Gasteiger charge is 2.14. The summed E-state index contributed by atoms with van der Waals surface area (Å²) in [5.41, 5.74) is 0.147. The van der Waals surface area contributed by atoms with Crippen LogP contribution in [0.2, 0.25) is 5.02 Å². The SMILES string of the molecule is CCN(CC)C(=O)CNC(=O)c1cc(O)ccc1Cl. The molecule has 5 nitrogen and oxygen atoms in total. The molecule has 0 radical (unpaired) electrons. The average molecular weight is 285 g/mol. The molecule has 0 bridgehead atoms. The Labute approximate surface area is 117 Å². The van der Waals surface area contributed by atoms with Crippen molar-refractivity contribution in [3.8, 4) is 5.75 Å². The number of hydrogen-bond donors (Lipinski definition) is 2. The maximum absolute atomic E-state index is 11.8. The van der Waals surface area contributed by atoms with E-state index in [1.807, 2.05) is 13.8 Å². The van der Waals surface area contributed by atoms with Crippen molar-refractivity contribution in [3.63, 3.8) is 0 Å². The predicted molar refractivity (Wildman–Crippen MR) is 73.4 cm³/mol. The van der Waals surface area contributed by atoms with Crippen LogP contribution in [0, 0.1) is 0 Å². The molecule has 1 aromatic carbocycles. The fourth-order valence-electron chi connectivity index (χ4n) is 1.63. The van der Waals surface area contributed by atoms with Crippen molar-refractivity contribution in [1.82, 2.24) is 10.2 Å². The van der Waals surface area contributed by atoms with Crippen LogP contribution in [0.1, 0.15) is 24.2 Å². The Hall–Kier alpha value is -1.75. The number of carbonyl (C=O) groups is 2. The summed E-state index contributed by atoms with van der Waals surface area (Å²) in [6.07, 6.45) is 0. The van der Waals surface area contributed by atoms with Gasteiger partial charge in [0, 0.05) is 13.1 Å². The van der Waals surface area contributed by atoms with Crippen LogP contribution < -0.4 is 5.32 Å². The summed E-state index contributed by atoms with van der Waals surface area (Å²) >= 11 is 5.86. The third-order valence-electron chi connectivity index (χ3n) is 2.71.